The number of hydrogen-bond donors (Lipinski definition) is 2. The van der Waals surface area contributed by atoms with Crippen molar-refractivity contribution in [3.8, 4) is 0 Å². The van der Waals surface area contributed by atoms with Crippen LogP contribution in [0.2, 0.25) is 0 Å². The van der Waals surface area contributed by atoms with Crippen LogP contribution in [-0.4, -0.2) is 51.7 Å². The van der Waals surface area contributed by atoms with Gasteiger partial charge in [-0.2, -0.15) is 0 Å². The van der Waals surface area contributed by atoms with E-state index in [0.717, 1.165) is 12.8 Å². The zero-order valence-electron chi connectivity index (χ0n) is 11.5. The normalized spacial score (nSPS) is 26.1. The minimum atomic E-state index is -0.213. The van der Waals surface area contributed by atoms with Gasteiger partial charge in [-0.05, 0) is 0 Å². The Kier molecular flexibility index (Phi) is 3.80. The van der Waals surface area contributed by atoms with E-state index in [1.807, 2.05) is 4.57 Å². The molecule has 3 unspecified atom stereocenters. The van der Waals surface area contributed by atoms with Crippen LogP contribution in [0.1, 0.15) is 32.9 Å². The second-order valence-electron chi connectivity index (χ2n) is 5.15. The van der Waals surface area contributed by atoms with Gasteiger partial charge in [0.1, 0.15) is 0 Å². The predicted molar refractivity (Wildman–Crippen MR) is 75.5 cm³/mol. The van der Waals surface area contributed by atoms with Crippen LogP contribution in [0.3, 0.4) is 0 Å². The molecule has 2 N–H and O–H groups in total. The maximum atomic E-state index is 12.0. The first-order chi connectivity index (χ1) is 9.63. The molecule has 3 rings (SSSR count). The molecule has 0 amide bonds. The van der Waals surface area contributed by atoms with Gasteiger partial charge in [0.2, 0.25) is 0 Å². The van der Waals surface area contributed by atoms with Gasteiger partial charge in [0.25, 0.3) is 0 Å². The van der Waals surface area contributed by atoms with Crippen LogP contribution in [0.5, 0.6) is 0 Å². The molecule has 2 aromatic rings. The van der Waals surface area contributed by atoms with Crippen LogP contribution in [0.25, 0.3) is 11.2 Å². The molecule has 3 heterocycles. The number of nitrogens with zero attached hydrogens (tertiary/aromatic N) is 3. The van der Waals surface area contributed by atoms with E-state index in [4.69, 9.17) is 4.74 Å². The molecule has 0 radical (unpaired) electrons. The number of aromatic nitrogens is 4. The summed E-state index contributed by atoms with van der Waals surface area (Å²) < 4.78 is 11.0. The van der Waals surface area contributed by atoms with Crippen LogP contribution in [-0.2, 0) is 4.74 Å². The summed E-state index contributed by atoms with van der Waals surface area (Å²) in [4.78, 5) is 23.3. The Labute approximate surface area is 132 Å². The molecule has 3 atom stereocenters. The van der Waals surface area contributed by atoms with E-state index >= 15 is 0 Å². The van der Waals surface area contributed by atoms with Gasteiger partial charge in [0, 0.05) is 0 Å². The van der Waals surface area contributed by atoms with E-state index in [1.165, 1.54) is 0 Å². The Morgan fingerprint density at radius 2 is 2.45 bits per heavy atom. The Hall–Kier alpha value is -0.968. The molecule has 0 aliphatic carbocycles. The quantitative estimate of drug-likeness (QED) is 0.658. The van der Waals surface area contributed by atoms with Crippen molar-refractivity contribution in [3.63, 3.8) is 0 Å². The zero-order chi connectivity index (χ0) is 14.3. The first-order valence-corrected chi connectivity index (χ1v) is 8.97. The van der Waals surface area contributed by atoms with Crippen molar-refractivity contribution < 1.29 is 4.74 Å². The van der Waals surface area contributed by atoms with E-state index in [2.05, 4.69) is 31.9 Å². The molecule has 104 valence electrons. The Morgan fingerprint density at radius 3 is 3.10 bits per heavy atom. The summed E-state index contributed by atoms with van der Waals surface area (Å²) in [6.07, 6.45) is 3.86. The number of ether oxygens (including phenoxy) is 1. The molecule has 1 aliphatic heterocycles. The van der Waals surface area contributed by atoms with Crippen molar-refractivity contribution in [1.29, 1.82) is 0 Å². The molecule has 1 fully saturated rings. The van der Waals surface area contributed by atoms with E-state index in [0.29, 0.717) is 49.1 Å². The van der Waals surface area contributed by atoms with Gasteiger partial charge in [-0.15, -0.1) is 0 Å². The molecule has 8 heteroatoms. The summed E-state index contributed by atoms with van der Waals surface area (Å²) in [6, 6.07) is 0. The van der Waals surface area contributed by atoms with Gasteiger partial charge in [0.05, 0.1) is 0 Å². The second-order valence-corrected chi connectivity index (χ2v) is 6.28. The molecule has 0 saturated carbocycles. The number of aromatic amines is 1. The fourth-order valence-electron chi connectivity index (χ4n) is 2.70. The van der Waals surface area contributed by atoms with E-state index in [1.54, 1.807) is 6.33 Å². The van der Waals surface area contributed by atoms with Gasteiger partial charge in [0.15, 0.2) is 0 Å². The van der Waals surface area contributed by atoms with Gasteiger partial charge in [-0.25, -0.2) is 0 Å². The number of rotatable bonds is 3. The summed E-state index contributed by atoms with van der Waals surface area (Å²) in [7, 11) is 0. The fraction of sp³-hybridized carbons (Fsp3) is 0.583. The third-order valence-electron chi connectivity index (χ3n) is 3.75. The average Bonchev–Trinajstić information content (AvgIpc) is 3.01. The predicted octanol–water partition coefficient (Wildman–Crippen LogP) is 0.949. The molecule has 2 aromatic heterocycles. The first-order valence-electron chi connectivity index (χ1n) is 6.73. The number of H-pyrrole nitrogens is 1. The van der Waals surface area contributed by atoms with Gasteiger partial charge < -0.3 is 0 Å². The average molecular weight is 467 g/mol. The van der Waals surface area contributed by atoms with Crippen LogP contribution in [0, 0.1) is 5.92 Å². The molecule has 20 heavy (non-hydrogen) atoms. The van der Waals surface area contributed by atoms with Crippen molar-refractivity contribution in [1.82, 2.24) is 19.5 Å². The van der Waals surface area contributed by atoms with Crippen LogP contribution < -0.4 is 8.69 Å². The number of anilines is 1. The topological polar surface area (TPSA) is 84.8 Å². The van der Waals surface area contributed by atoms with Crippen LogP contribution in [0.4, 0.5) is 5.95 Å². The maximum absolute atomic E-state index is 12.0. The van der Waals surface area contributed by atoms with Gasteiger partial charge in [-0.1, -0.05) is 0 Å². The second kappa shape index (κ2) is 5.43. The Bertz CT molecular complexity index is 682. The van der Waals surface area contributed by atoms with Crippen LogP contribution in [0.15, 0.2) is 11.1 Å². The summed E-state index contributed by atoms with van der Waals surface area (Å²) in [5.74, 6) is 0.889. The monoisotopic (exact) mass is 467 g/mol. The van der Waals surface area contributed by atoms with E-state index in [9.17, 15) is 4.79 Å². The van der Waals surface area contributed by atoms with Crippen molar-refractivity contribution >= 4 is 43.2 Å². The van der Waals surface area contributed by atoms with Crippen molar-refractivity contribution in [3.05, 3.63) is 16.7 Å². The van der Waals surface area contributed by atoms with Crippen molar-refractivity contribution in [2.75, 3.05) is 3.13 Å². The van der Waals surface area contributed by atoms with Gasteiger partial charge in [-0.3, -0.25) is 0 Å². The standard InChI is InChI=1S/C12H17N5O2.Tl/c1-3-7-4-6(2)11(19-7)17-5-14-8-9(17)15-12(13)16-10(8)18;/h5-7,11H,3-4H2,1-2H3,(H3,13,15,16,18);/q;+1/p-1. The summed E-state index contributed by atoms with van der Waals surface area (Å²) >= 11 is 0.517. The van der Waals surface area contributed by atoms with E-state index in [-0.39, 0.29) is 17.9 Å². The number of fused-ring (bicyclic) bond motifs is 1. The summed E-state index contributed by atoms with van der Waals surface area (Å²) in [6.45, 7) is 4.28. The molecule has 0 bridgehead atoms. The molecule has 1 aliphatic rings. The van der Waals surface area contributed by atoms with Crippen molar-refractivity contribution in [2.24, 2.45) is 5.92 Å². The molecule has 1 saturated heterocycles. The number of nitrogens with one attached hydrogen (secondary N) is 2. The first kappa shape index (κ1) is 14.0. The molecule has 0 spiro atoms. The fourth-order valence-corrected chi connectivity index (χ4v) is 3.23. The summed E-state index contributed by atoms with van der Waals surface area (Å²) in [5.41, 5.74) is 0.741. The molecule has 0 aromatic carbocycles. The van der Waals surface area contributed by atoms with Crippen molar-refractivity contribution in [2.45, 2.75) is 39.0 Å². The number of hydrogen-bond acceptors (Lipinski definition) is 5. The zero-order valence-corrected chi connectivity index (χ0v) is 15.9. The number of imidazole rings is 1. The summed E-state index contributed by atoms with van der Waals surface area (Å²) in [5, 5.41) is 0. The Morgan fingerprint density at radius 1 is 1.65 bits per heavy atom. The van der Waals surface area contributed by atoms with Crippen LogP contribution >= 0.6 is 0 Å². The molecular formula is C12H16N5O2Tl. The SMILES string of the molecule is CCC1CC(C)C(n2cnc3c(=O)[nH]c([NH][Tl])nc32)O1. The van der Waals surface area contributed by atoms with Gasteiger partial charge >= 0.3 is 132 Å². The molecule has 7 nitrogen and oxygen atoms in total. The molecular weight excluding hydrogens is 451 g/mol. The third kappa shape index (κ3) is 2.26. The minimum absolute atomic E-state index is 0.0938. The van der Waals surface area contributed by atoms with E-state index < -0.39 is 0 Å². The Balaban J connectivity index is 2.08. The third-order valence-corrected chi connectivity index (χ3v) is 4.81.